The van der Waals surface area contributed by atoms with Gasteiger partial charge in [-0.3, -0.25) is 9.59 Å². The van der Waals surface area contributed by atoms with Gasteiger partial charge in [0.25, 0.3) is 5.91 Å². The summed E-state index contributed by atoms with van der Waals surface area (Å²) in [6.07, 6.45) is 1.70. The van der Waals surface area contributed by atoms with Crippen molar-refractivity contribution >= 4 is 23.2 Å². The number of anilines is 2. The normalized spacial score (nSPS) is 10.3. The molecule has 156 valence electrons. The molecule has 0 aliphatic rings. The first-order chi connectivity index (χ1) is 14.1. The zero-order valence-electron chi connectivity index (χ0n) is 17.0. The van der Waals surface area contributed by atoms with Crippen molar-refractivity contribution in [3.63, 3.8) is 0 Å². The van der Waals surface area contributed by atoms with Gasteiger partial charge in [-0.2, -0.15) is 0 Å². The van der Waals surface area contributed by atoms with Crippen molar-refractivity contribution in [3.05, 3.63) is 54.1 Å². The lowest BCUT2D eigenvalue weighted by molar-refractivity contribution is -0.114. The highest BCUT2D eigenvalue weighted by molar-refractivity contribution is 5.98. The van der Waals surface area contributed by atoms with Crippen molar-refractivity contribution < 1.29 is 19.1 Å². The molecule has 0 atom stereocenters. The predicted octanol–water partition coefficient (Wildman–Crippen LogP) is 3.29. The molecule has 0 saturated heterocycles. The largest absolute Gasteiger partial charge is 0.494 e. The molecule has 7 nitrogen and oxygen atoms in total. The van der Waals surface area contributed by atoms with Gasteiger partial charge in [-0.05, 0) is 55.3 Å². The summed E-state index contributed by atoms with van der Waals surface area (Å²) in [6, 6.07) is 14.3. The minimum absolute atomic E-state index is 0.114. The Morgan fingerprint density at radius 1 is 1.00 bits per heavy atom. The number of methoxy groups -OCH3 is 1. The van der Waals surface area contributed by atoms with E-state index in [-0.39, 0.29) is 18.4 Å². The zero-order chi connectivity index (χ0) is 20.9. The second kappa shape index (κ2) is 12.4. The molecule has 2 amide bonds. The fourth-order valence-electron chi connectivity index (χ4n) is 2.54. The van der Waals surface area contributed by atoms with Gasteiger partial charge in [-0.1, -0.05) is 13.0 Å². The second-order valence-corrected chi connectivity index (χ2v) is 6.46. The minimum atomic E-state index is -0.200. The molecule has 3 N–H and O–H groups in total. The van der Waals surface area contributed by atoms with E-state index in [1.165, 1.54) is 0 Å². The number of carbonyl (C=O) groups is 2. The average Bonchev–Trinajstić information content (AvgIpc) is 2.74. The third kappa shape index (κ3) is 8.23. The van der Waals surface area contributed by atoms with Crippen molar-refractivity contribution in [2.45, 2.75) is 19.8 Å². The molecule has 2 aromatic rings. The molecule has 2 rings (SSSR count). The maximum atomic E-state index is 12.2. The van der Waals surface area contributed by atoms with E-state index in [1.54, 1.807) is 31.4 Å². The van der Waals surface area contributed by atoms with Crippen LogP contribution in [0, 0.1) is 0 Å². The molecule has 0 fully saturated rings. The van der Waals surface area contributed by atoms with Crippen LogP contribution in [0.1, 0.15) is 30.1 Å². The number of ether oxygens (including phenoxy) is 2. The van der Waals surface area contributed by atoms with E-state index < -0.39 is 0 Å². The number of hydrogen-bond acceptors (Lipinski definition) is 5. The first-order valence-corrected chi connectivity index (χ1v) is 9.76. The van der Waals surface area contributed by atoms with E-state index in [0.29, 0.717) is 31.0 Å². The lowest BCUT2D eigenvalue weighted by Gasteiger charge is -2.10. The third-order valence-corrected chi connectivity index (χ3v) is 4.00. The molecule has 29 heavy (non-hydrogen) atoms. The number of carbonyl (C=O) groups excluding carboxylic acids is 2. The zero-order valence-corrected chi connectivity index (χ0v) is 17.0. The number of hydrogen-bond donors (Lipinski definition) is 3. The topological polar surface area (TPSA) is 88.7 Å². The molecular formula is C22H29N3O4. The maximum Gasteiger partial charge on any atom is 0.251 e. The second-order valence-electron chi connectivity index (χ2n) is 6.46. The van der Waals surface area contributed by atoms with E-state index in [2.05, 4.69) is 22.9 Å². The molecule has 0 aromatic heterocycles. The van der Waals surface area contributed by atoms with Crippen LogP contribution in [0.4, 0.5) is 11.4 Å². The molecule has 7 heteroatoms. The highest BCUT2D eigenvalue weighted by atomic mass is 16.5. The fourth-order valence-corrected chi connectivity index (χ4v) is 2.54. The van der Waals surface area contributed by atoms with Crippen LogP contribution in [0.15, 0.2) is 48.5 Å². The Bertz CT molecular complexity index is 778. The summed E-state index contributed by atoms with van der Waals surface area (Å²) in [4.78, 5) is 24.4. The van der Waals surface area contributed by atoms with Gasteiger partial charge in [0.15, 0.2) is 0 Å². The van der Waals surface area contributed by atoms with Crippen LogP contribution in [0.3, 0.4) is 0 Å². The molecule has 0 radical (unpaired) electrons. The molecule has 0 aliphatic heterocycles. The van der Waals surface area contributed by atoms with Crippen LogP contribution in [-0.4, -0.2) is 45.2 Å². The Hall–Kier alpha value is -3.06. The Morgan fingerprint density at radius 2 is 1.79 bits per heavy atom. The van der Waals surface area contributed by atoms with Crippen molar-refractivity contribution in [2.75, 3.05) is 44.0 Å². The van der Waals surface area contributed by atoms with Gasteiger partial charge in [0.2, 0.25) is 5.91 Å². The van der Waals surface area contributed by atoms with E-state index in [4.69, 9.17) is 9.47 Å². The molecular weight excluding hydrogens is 370 g/mol. The summed E-state index contributed by atoms with van der Waals surface area (Å²) < 4.78 is 10.5. The monoisotopic (exact) mass is 399 g/mol. The minimum Gasteiger partial charge on any atom is -0.494 e. The molecule has 2 aromatic carbocycles. The fraction of sp³-hybridized carbons (Fsp3) is 0.364. The van der Waals surface area contributed by atoms with E-state index >= 15 is 0 Å². The van der Waals surface area contributed by atoms with Crippen LogP contribution in [0.25, 0.3) is 0 Å². The average molecular weight is 399 g/mol. The van der Waals surface area contributed by atoms with Gasteiger partial charge < -0.3 is 25.4 Å². The summed E-state index contributed by atoms with van der Waals surface area (Å²) in [6.45, 7) is 3.98. The SMILES string of the molecule is CCCOc1ccc(NCC(=O)Nc2cccc(C(=O)NCCCOC)c2)cc1. The van der Waals surface area contributed by atoms with Crippen molar-refractivity contribution in [2.24, 2.45) is 0 Å². The number of benzene rings is 2. The van der Waals surface area contributed by atoms with Gasteiger partial charge in [-0.15, -0.1) is 0 Å². The Labute approximate surface area is 171 Å². The molecule has 0 saturated carbocycles. The van der Waals surface area contributed by atoms with Gasteiger partial charge in [0.1, 0.15) is 5.75 Å². The van der Waals surface area contributed by atoms with Crippen LogP contribution >= 0.6 is 0 Å². The number of rotatable bonds is 12. The highest BCUT2D eigenvalue weighted by Gasteiger charge is 2.08. The number of nitrogens with one attached hydrogen (secondary N) is 3. The van der Waals surface area contributed by atoms with E-state index in [0.717, 1.165) is 24.3 Å². The molecule has 0 spiro atoms. The molecule has 0 unspecified atom stereocenters. The summed E-state index contributed by atoms with van der Waals surface area (Å²) in [5.74, 6) is 0.425. The molecule has 0 bridgehead atoms. The standard InChI is InChI=1S/C22H29N3O4/c1-3-13-29-20-10-8-18(9-11-20)24-16-21(26)25-19-7-4-6-17(15-19)22(27)23-12-5-14-28-2/h4,6-11,15,24H,3,5,12-14,16H2,1-2H3,(H,23,27)(H,25,26). The van der Waals surface area contributed by atoms with Gasteiger partial charge >= 0.3 is 0 Å². The van der Waals surface area contributed by atoms with Gasteiger partial charge in [0.05, 0.1) is 13.2 Å². The molecule has 0 heterocycles. The first-order valence-electron chi connectivity index (χ1n) is 9.76. The van der Waals surface area contributed by atoms with E-state index in [9.17, 15) is 9.59 Å². The maximum absolute atomic E-state index is 12.2. The Kier molecular flexibility index (Phi) is 9.51. The summed E-state index contributed by atoms with van der Waals surface area (Å²) in [7, 11) is 1.62. The van der Waals surface area contributed by atoms with Crippen LogP contribution in [0.2, 0.25) is 0 Å². The Balaban J connectivity index is 1.80. The van der Waals surface area contributed by atoms with Crippen LogP contribution in [0.5, 0.6) is 5.75 Å². The lowest BCUT2D eigenvalue weighted by Crippen LogP contribution is -2.25. The number of amides is 2. The van der Waals surface area contributed by atoms with Gasteiger partial charge in [0, 0.05) is 37.2 Å². The lowest BCUT2D eigenvalue weighted by atomic mass is 10.2. The third-order valence-electron chi connectivity index (χ3n) is 4.00. The molecule has 0 aliphatic carbocycles. The van der Waals surface area contributed by atoms with Gasteiger partial charge in [-0.25, -0.2) is 0 Å². The highest BCUT2D eigenvalue weighted by Crippen LogP contribution is 2.16. The van der Waals surface area contributed by atoms with Crippen LogP contribution in [-0.2, 0) is 9.53 Å². The van der Waals surface area contributed by atoms with Crippen LogP contribution < -0.4 is 20.7 Å². The quantitative estimate of drug-likeness (QED) is 0.477. The van der Waals surface area contributed by atoms with Crippen molar-refractivity contribution in [1.29, 1.82) is 0 Å². The Morgan fingerprint density at radius 3 is 2.52 bits per heavy atom. The summed E-state index contributed by atoms with van der Waals surface area (Å²) in [5.41, 5.74) is 1.90. The van der Waals surface area contributed by atoms with Crippen molar-refractivity contribution in [1.82, 2.24) is 5.32 Å². The van der Waals surface area contributed by atoms with Crippen molar-refractivity contribution in [3.8, 4) is 5.75 Å². The summed E-state index contributed by atoms with van der Waals surface area (Å²) in [5, 5.41) is 8.69. The summed E-state index contributed by atoms with van der Waals surface area (Å²) >= 11 is 0. The smallest absolute Gasteiger partial charge is 0.251 e. The van der Waals surface area contributed by atoms with E-state index in [1.807, 2.05) is 24.3 Å². The predicted molar refractivity (Wildman–Crippen MR) is 115 cm³/mol. The first kappa shape index (κ1) is 22.2.